The van der Waals surface area contributed by atoms with Crippen LogP contribution in [0.1, 0.15) is 43.4 Å². The highest BCUT2D eigenvalue weighted by molar-refractivity contribution is 14.0. The van der Waals surface area contributed by atoms with Gasteiger partial charge in [-0.3, -0.25) is 4.99 Å². The first-order chi connectivity index (χ1) is 13.3. The molecule has 3 rings (SSSR count). The molecular formula is C21H35IN6. The summed E-state index contributed by atoms with van der Waals surface area (Å²) < 4.78 is 2.10. The smallest absolute Gasteiger partial charge is 0.190 e. The van der Waals surface area contributed by atoms with Crippen molar-refractivity contribution in [2.75, 3.05) is 39.8 Å². The van der Waals surface area contributed by atoms with Crippen LogP contribution in [0.5, 0.6) is 0 Å². The van der Waals surface area contributed by atoms with Crippen LogP contribution in [0.15, 0.2) is 29.5 Å². The second-order valence-electron chi connectivity index (χ2n) is 7.44. The molecule has 0 aromatic carbocycles. The summed E-state index contributed by atoms with van der Waals surface area (Å²) >= 11 is 0. The van der Waals surface area contributed by atoms with Gasteiger partial charge < -0.3 is 19.9 Å². The first kappa shape index (κ1) is 22.9. The van der Waals surface area contributed by atoms with Gasteiger partial charge in [0.05, 0.1) is 5.69 Å². The molecule has 6 nitrogen and oxygen atoms in total. The van der Waals surface area contributed by atoms with Gasteiger partial charge in [-0.05, 0) is 57.5 Å². The number of nitrogens with zero attached hydrogens (tertiary/aromatic N) is 4. The summed E-state index contributed by atoms with van der Waals surface area (Å²) in [5, 5.41) is 6.83. The number of likely N-dealkylation sites (tertiary alicyclic amines) is 1. The van der Waals surface area contributed by atoms with Crippen LogP contribution in [-0.4, -0.2) is 60.0 Å². The van der Waals surface area contributed by atoms with Crippen LogP contribution < -0.4 is 10.6 Å². The Bertz CT molecular complexity index is 734. The molecule has 7 heteroatoms. The zero-order valence-electron chi connectivity index (χ0n) is 17.3. The third kappa shape index (κ3) is 6.92. The van der Waals surface area contributed by atoms with E-state index in [1.165, 1.54) is 50.9 Å². The Morgan fingerprint density at radius 3 is 2.61 bits per heavy atom. The standard InChI is InChI=1S/C21H34N6.HI/c1-18-9-7-16-27-17-19(25-20(18)27)10-12-24-21(22-2)23-11-8-15-26-13-5-3-4-6-14-26;/h7,9,16-17H,3-6,8,10-15H2,1-2H3,(H2,22,23,24);1H. The number of hydrogen-bond acceptors (Lipinski definition) is 3. The zero-order chi connectivity index (χ0) is 18.9. The van der Waals surface area contributed by atoms with Crippen LogP contribution in [0.25, 0.3) is 5.65 Å². The van der Waals surface area contributed by atoms with Crippen molar-refractivity contribution in [1.29, 1.82) is 0 Å². The quantitative estimate of drug-likeness (QED) is 0.267. The first-order valence-corrected chi connectivity index (χ1v) is 10.4. The summed E-state index contributed by atoms with van der Waals surface area (Å²) in [6, 6.07) is 4.16. The lowest BCUT2D eigenvalue weighted by Gasteiger charge is -2.20. The van der Waals surface area contributed by atoms with E-state index in [1.807, 2.05) is 7.05 Å². The number of fused-ring (bicyclic) bond motifs is 1. The molecule has 1 aliphatic heterocycles. The van der Waals surface area contributed by atoms with Crippen molar-refractivity contribution in [3.63, 3.8) is 0 Å². The number of aliphatic imine (C=N–C) groups is 1. The molecule has 1 fully saturated rings. The maximum atomic E-state index is 4.73. The molecule has 0 unspecified atom stereocenters. The molecule has 156 valence electrons. The Morgan fingerprint density at radius 2 is 1.89 bits per heavy atom. The number of halogens is 1. The van der Waals surface area contributed by atoms with E-state index in [0.717, 1.165) is 43.2 Å². The molecule has 0 radical (unpaired) electrons. The van der Waals surface area contributed by atoms with Gasteiger partial charge in [-0.2, -0.15) is 0 Å². The summed E-state index contributed by atoms with van der Waals surface area (Å²) in [5.74, 6) is 0.880. The molecular weight excluding hydrogens is 463 g/mol. The van der Waals surface area contributed by atoms with Gasteiger partial charge in [0.1, 0.15) is 5.65 Å². The highest BCUT2D eigenvalue weighted by Gasteiger charge is 2.08. The summed E-state index contributed by atoms with van der Waals surface area (Å²) in [7, 11) is 1.83. The second-order valence-corrected chi connectivity index (χ2v) is 7.44. The number of rotatable bonds is 7. The van der Waals surface area contributed by atoms with Gasteiger partial charge >= 0.3 is 0 Å². The largest absolute Gasteiger partial charge is 0.356 e. The van der Waals surface area contributed by atoms with Crippen molar-refractivity contribution in [1.82, 2.24) is 24.9 Å². The number of hydrogen-bond donors (Lipinski definition) is 2. The Kier molecular flexibility index (Phi) is 10.0. The van der Waals surface area contributed by atoms with Crippen molar-refractivity contribution in [2.24, 2.45) is 4.99 Å². The molecule has 2 N–H and O–H groups in total. The van der Waals surface area contributed by atoms with Crippen LogP contribution in [-0.2, 0) is 6.42 Å². The summed E-state index contributed by atoms with van der Waals surface area (Å²) in [5.41, 5.74) is 3.36. The molecule has 0 amide bonds. The monoisotopic (exact) mass is 498 g/mol. The van der Waals surface area contributed by atoms with Gasteiger partial charge in [-0.1, -0.05) is 18.9 Å². The summed E-state index contributed by atoms with van der Waals surface area (Å²) in [6.07, 6.45) is 11.7. The third-order valence-electron chi connectivity index (χ3n) is 5.27. The van der Waals surface area contributed by atoms with E-state index in [1.54, 1.807) is 0 Å². The minimum Gasteiger partial charge on any atom is -0.356 e. The van der Waals surface area contributed by atoms with Crippen molar-refractivity contribution in [3.8, 4) is 0 Å². The number of nitrogens with one attached hydrogen (secondary N) is 2. The molecule has 0 bridgehead atoms. The van der Waals surface area contributed by atoms with E-state index >= 15 is 0 Å². The molecule has 0 saturated carbocycles. The number of aryl methyl sites for hydroxylation is 1. The molecule has 2 aromatic heterocycles. The van der Waals surface area contributed by atoms with Crippen LogP contribution in [0.2, 0.25) is 0 Å². The van der Waals surface area contributed by atoms with Gasteiger partial charge in [-0.25, -0.2) is 4.98 Å². The van der Waals surface area contributed by atoms with E-state index in [4.69, 9.17) is 4.98 Å². The molecule has 3 heterocycles. The van der Waals surface area contributed by atoms with Crippen molar-refractivity contribution in [2.45, 2.75) is 45.4 Å². The minimum atomic E-state index is 0. The average Bonchev–Trinajstić information content (AvgIpc) is 2.92. The van der Waals surface area contributed by atoms with Gasteiger partial charge in [0.25, 0.3) is 0 Å². The van der Waals surface area contributed by atoms with Gasteiger partial charge in [0.15, 0.2) is 5.96 Å². The van der Waals surface area contributed by atoms with E-state index in [-0.39, 0.29) is 24.0 Å². The molecule has 0 atom stereocenters. The molecule has 0 spiro atoms. The fraction of sp³-hybridized carbons (Fsp3) is 0.619. The highest BCUT2D eigenvalue weighted by atomic mass is 127. The third-order valence-corrected chi connectivity index (χ3v) is 5.27. The lowest BCUT2D eigenvalue weighted by atomic mass is 10.2. The van der Waals surface area contributed by atoms with Crippen molar-refractivity contribution in [3.05, 3.63) is 35.8 Å². The maximum Gasteiger partial charge on any atom is 0.190 e. The first-order valence-electron chi connectivity index (χ1n) is 10.4. The van der Waals surface area contributed by atoms with Gasteiger partial charge in [0.2, 0.25) is 0 Å². The van der Waals surface area contributed by atoms with Gasteiger partial charge in [0, 0.05) is 39.0 Å². The Hall–Kier alpha value is -1.35. The summed E-state index contributed by atoms with van der Waals surface area (Å²) in [4.78, 5) is 11.7. The molecule has 1 saturated heterocycles. The molecule has 28 heavy (non-hydrogen) atoms. The van der Waals surface area contributed by atoms with E-state index in [0.29, 0.717) is 0 Å². The van der Waals surface area contributed by atoms with Crippen LogP contribution >= 0.6 is 24.0 Å². The normalized spacial score (nSPS) is 15.9. The van der Waals surface area contributed by atoms with Crippen LogP contribution in [0, 0.1) is 6.92 Å². The van der Waals surface area contributed by atoms with Crippen LogP contribution in [0.3, 0.4) is 0 Å². The molecule has 1 aliphatic rings. The van der Waals surface area contributed by atoms with Crippen molar-refractivity contribution < 1.29 is 0 Å². The van der Waals surface area contributed by atoms with Crippen LogP contribution in [0.4, 0.5) is 0 Å². The fourth-order valence-corrected chi connectivity index (χ4v) is 3.72. The topological polar surface area (TPSA) is 57.0 Å². The second kappa shape index (κ2) is 12.3. The Labute approximate surface area is 186 Å². The number of guanidine groups is 1. The zero-order valence-corrected chi connectivity index (χ0v) is 19.6. The lowest BCUT2D eigenvalue weighted by molar-refractivity contribution is 0.282. The molecule has 2 aromatic rings. The number of pyridine rings is 1. The Morgan fingerprint density at radius 1 is 1.14 bits per heavy atom. The SMILES string of the molecule is CN=C(NCCCN1CCCCCC1)NCCc1cn2cccc(C)c2n1.I. The maximum absolute atomic E-state index is 4.73. The van der Waals surface area contributed by atoms with E-state index in [2.05, 4.69) is 56.4 Å². The van der Waals surface area contributed by atoms with Gasteiger partial charge in [-0.15, -0.1) is 24.0 Å². The lowest BCUT2D eigenvalue weighted by Crippen LogP contribution is -2.39. The molecule has 0 aliphatic carbocycles. The van der Waals surface area contributed by atoms with E-state index < -0.39 is 0 Å². The number of aromatic nitrogens is 2. The Balaban J connectivity index is 0.00000280. The minimum absolute atomic E-state index is 0. The predicted octanol–water partition coefficient (Wildman–Crippen LogP) is 3.23. The highest BCUT2D eigenvalue weighted by Crippen LogP contribution is 2.10. The number of imidazole rings is 1. The van der Waals surface area contributed by atoms with E-state index in [9.17, 15) is 0 Å². The predicted molar refractivity (Wildman–Crippen MR) is 128 cm³/mol. The summed E-state index contributed by atoms with van der Waals surface area (Å²) in [6.45, 7) is 7.61. The fourth-order valence-electron chi connectivity index (χ4n) is 3.72. The van der Waals surface area contributed by atoms with Crippen molar-refractivity contribution >= 4 is 35.6 Å². The average molecular weight is 498 g/mol.